The van der Waals surface area contributed by atoms with Crippen molar-refractivity contribution < 1.29 is 9.90 Å². The van der Waals surface area contributed by atoms with E-state index in [1.54, 1.807) is 13.0 Å². The smallest absolute Gasteiger partial charge is 0.164 e. The molecule has 1 unspecified atom stereocenters. The van der Waals surface area contributed by atoms with Gasteiger partial charge in [0.15, 0.2) is 5.78 Å². The van der Waals surface area contributed by atoms with Gasteiger partial charge in [-0.15, -0.1) is 0 Å². The largest absolute Gasteiger partial charge is 0.381 e. The van der Waals surface area contributed by atoms with E-state index in [1.807, 2.05) is 30.3 Å². The molecule has 0 fully saturated rings. The van der Waals surface area contributed by atoms with E-state index >= 15 is 0 Å². The van der Waals surface area contributed by atoms with Crippen molar-refractivity contribution in [2.45, 2.75) is 19.4 Å². The van der Waals surface area contributed by atoms with Gasteiger partial charge in [0.1, 0.15) is 6.10 Å². The zero-order valence-electron chi connectivity index (χ0n) is 8.18. The van der Waals surface area contributed by atoms with E-state index in [9.17, 15) is 9.90 Å². The summed E-state index contributed by atoms with van der Waals surface area (Å²) in [6, 6.07) is 9.58. The fourth-order valence-electron chi connectivity index (χ4n) is 1.08. The molecule has 0 aliphatic rings. The lowest BCUT2D eigenvalue weighted by Gasteiger charge is -2.00. The van der Waals surface area contributed by atoms with Gasteiger partial charge < -0.3 is 5.11 Å². The van der Waals surface area contributed by atoms with Crippen molar-refractivity contribution in [2.75, 3.05) is 0 Å². The molecular formula is C12H14O2. The minimum Gasteiger partial charge on any atom is -0.381 e. The summed E-state index contributed by atoms with van der Waals surface area (Å²) in [6.45, 7) is 1.74. The zero-order chi connectivity index (χ0) is 10.4. The first-order valence-corrected chi connectivity index (χ1v) is 4.68. The number of Topliss-reactive ketones (excluding diaryl/α,β-unsaturated/α-hetero) is 1. The third-order valence-corrected chi connectivity index (χ3v) is 1.95. The second-order valence-corrected chi connectivity index (χ2v) is 3.03. The van der Waals surface area contributed by atoms with E-state index in [4.69, 9.17) is 0 Å². The molecule has 0 aliphatic carbocycles. The standard InChI is InChI=1S/C12H14O2/c1-2-11(13)12(14)9-8-10-6-4-3-5-7-10/h3-9,12,14H,2H2,1H3. The van der Waals surface area contributed by atoms with Crippen LogP contribution < -0.4 is 0 Å². The molecule has 14 heavy (non-hydrogen) atoms. The molecule has 2 heteroatoms. The van der Waals surface area contributed by atoms with Crippen LogP contribution in [0.25, 0.3) is 6.08 Å². The summed E-state index contributed by atoms with van der Waals surface area (Å²) in [5.41, 5.74) is 0.982. The van der Waals surface area contributed by atoms with Crippen molar-refractivity contribution in [3.05, 3.63) is 42.0 Å². The van der Waals surface area contributed by atoms with Gasteiger partial charge in [-0.25, -0.2) is 0 Å². The molecule has 2 nitrogen and oxygen atoms in total. The monoisotopic (exact) mass is 190 g/mol. The van der Waals surface area contributed by atoms with Crippen molar-refractivity contribution in [3.8, 4) is 0 Å². The molecule has 74 valence electrons. The molecule has 0 radical (unpaired) electrons. The van der Waals surface area contributed by atoms with Crippen LogP contribution in [0.4, 0.5) is 0 Å². The van der Waals surface area contributed by atoms with Crippen LogP contribution in [0.1, 0.15) is 18.9 Å². The molecule has 0 bridgehead atoms. The van der Waals surface area contributed by atoms with Gasteiger partial charge in [0.2, 0.25) is 0 Å². The first-order chi connectivity index (χ1) is 6.74. The van der Waals surface area contributed by atoms with Gasteiger partial charge in [-0.3, -0.25) is 4.79 Å². The van der Waals surface area contributed by atoms with Crippen molar-refractivity contribution in [1.82, 2.24) is 0 Å². The number of aliphatic hydroxyl groups excluding tert-OH is 1. The van der Waals surface area contributed by atoms with Crippen molar-refractivity contribution >= 4 is 11.9 Å². The van der Waals surface area contributed by atoms with Gasteiger partial charge >= 0.3 is 0 Å². The number of carbonyl (C=O) groups is 1. The lowest BCUT2D eigenvalue weighted by Crippen LogP contribution is -2.15. The number of rotatable bonds is 4. The van der Waals surface area contributed by atoms with Gasteiger partial charge in [-0.2, -0.15) is 0 Å². The van der Waals surface area contributed by atoms with Gasteiger partial charge in [0.05, 0.1) is 0 Å². The zero-order valence-corrected chi connectivity index (χ0v) is 8.18. The Morgan fingerprint density at radius 1 is 1.43 bits per heavy atom. The summed E-state index contributed by atoms with van der Waals surface area (Å²) in [5, 5.41) is 9.34. The molecule has 1 aromatic rings. The van der Waals surface area contributed by atoms with Gasteiger partial charge in [0, 0.05) is 6.42 Å². The average molecular weight is 190 g/mol. The normalized spacial score (nSPS) is 13.0. The number of benzene rings is 1. The maximum absolute atomic E-state index is 11.0. The summed E-state index contributed by atoms with van der Waals surface area (Å²) < 4.78 is 0. The number of ketones is 1. The lowest BCUT2D eigenvalue weighted by molar-refractivity contribution is -0.124. The Labute approximate surface area is 83.9 Å². The second-order valence-electron chi connectivity index (χ2n) is 3.03. The summed E-state index contributed by atoms with van der Waals surface area (Å²) in [6.07, 6.45) is 2.65. The highest BCUT2D eigenvalue weighted by Gasteiger charge is 2.07. The van der Waals surface area contributed by atoms with Crippen LogP contribution in [0.15, 0.2) is 36.4 Å². The predicted molar refractivity (Wildman–Crippen MR) is 56.8 cm³/mol. The number of carbonyl (C=O) groups excluding carboxylic acids is 1. The molecule has 0 saturated heterocycles. The van der Waals surface area contributed by atoms with Gasteiger partial charge in [0.25, 0.3) is 0 Å². The van der Waals surface area contributed by atoms with E-state index in [0.29, 0.717) is 6.42 Å². The van der Waals surface area contributed by atoms with Crippen LogP contribution >= 0.6 is 0 Å². The van der Waals surface area contributed by atoms with Crippen LogP contribution in [-0.2, 0) is 4.79 Å². The Kier molecular flexibility index (Phi) is 4.08. The van der Waals surface area contributed by atoms with Gasteiger partial charge in [-0.05, 0) is 11.6 Å². The number of hydrogen-bond acceptors (Lipinski definition) is 2. The van der Waals surface area contributed by atoms with E-state index in [2.05, 4.69) is 0 Å². The predicted octanol–water partition coefficient (Wildman–Crippen LogP) is 2.04. The number of hydrogen-bond donors (Lipinski definition) is 1. The SMILES string of the molecule is CCC(=O)C(O)C=Cc1ccccc1. The summed E-state index contributed by atoms with van der Waals surface area (Å²) in [4.78, 5) is 11.0. The highest BCUT2D eigenvalue weighted by Crippen LogP contribution is 2.03. The highest BCUT2D eigenvalue weighted by atomic mass is 16.3. The fourth-order valence-corrected chi connectivity index (χ4v) is 1.08. The molecule has 1 rings (SSSR count). The highest BCUT2D eigenvalue weighted by molar-refractivity contribution is 5.85. The fraction of sp³-hybridized carbons (Fsp3) is 0.250. The van der Waals surface area contributed by atoms with Crippen LogP contribution in [0.2, 0.25) is 0 Å². The Hall–Kier alpha value is -1.41. The Balaban J connectivity index is 2.60. The molecule has 1 atom stereocenters. The molecule has 0 saturated carbocycles. The molecule has 0 aromatic heterocycles. The molecule has 0 aliphatic heterocycles. The van der Waals surface area contributed by atoms with E-state index in [1.165, 1.54) is 6.08 Å². The number of aliphatic hydroxyl groups is 1. The molecule has 1 aromatic carbocycles. The van der Waals surface area contributed by atoms with E-state index < -0.39 is 6.10 Å². The van der Waals surface area contributed by atoms with Crippen molar-refractivity contribution in [3.63, 3.8) is 0 Å². The van der Waals surface area contributed by atoms with Crippen molar-refractivity contribution in [1.29, 1.82) is 0 Å². The maximum Gasteiger partial charge on any atom is 0.164 e. The Morgan fingerprint density at radius 3 is 2.64 bits per heavy atom. The summed E-state index contributed by atoms with van der Waals surface area (Å²) in [5.74, 6) is -0.155. The second kappa shape index (κ2) is 5.35. The van der Waals surface area contributed by atoms with Crippen LogP contribution in [0.3, 0.4) is 0 Å². The minimum absolute atomic E-state index is 0.155. The first kappa shape index (κ1) is 10.7. The van der Waals surface area contributed by atoms with E-state index in [-0.39, 0.29) is 5.78 Å². The molecule has 1 N–H and O–H groups in total. The van der Waals surface area contributed by atoms with Crippen LogP contribution in [0, 0.1) is 0 Å². The van der Waals surface area contributed by atoms with Crippen LogP contribution in [-0.4, -0.2) is 17.0 Å². The minimum atomic E-state index is -0.972. The van der Waals surface area contributed by atoms with Crippen molar-refractivity contribution in [2.24, 2.45) is 0 Å². The first-order valence-electron chi connectivity index (χ1n) is 4.68. The maximum atomic E-state index is 11.0. The molecular weight excluding hydrogens is 176 g/mol. The Bertz CT molecular complexity index is 314. The molecule has 0 heterocycles. The Morgan fingerprint density at radius 2 is 2.07 bits per heavy atom. The van der Waals surface area contributed by atoms with E-state index in [0.717, 1.165) is 5.56 Å². The quantitative estimate of drug-likeness (QED) is 0.788. The third kappa shape index (κ3) is 3.15. The molecule has 0 spiro atoms. The van der Waals surface area contributed by atoms with Gasteiger partial charge in [-0.1, -0.05) is 43.3 Å². The lowest BCUT2D eigenvalue weighted by atomic mass is 10.1. The van der Waals surface area contributed by atoms with Crippen LogP contribution in [0.5, 0.6) is 0 Å². The summed E-state index contributed by atoms with van der Waals surface area (Å²) >= 11 is 0. The average Bonchev–Trinajstić information content (AvgIpc) is 2.26. The molecule has 0 amide bonds. The topological polar surface area (TPSA) is 37.3 Å². The summed E-state index contributed by atoms with van der Waals surface area (Å²) in [7, 11) is 0. The third-order valence-electron chi connectivity index (χ3n) is 1.95.